The van der Waals surface area contributed by atoms with Gasteiger partial charge in [-0.2, -0.15) is 5.10 Å². The molecular weight excluding hydrogens is 346 g/mol. The molecule has 0 aliphatic heterocycles. The Morgan fingerprint density at radius 3 is 2.33 bits per heavy atom. The molecule has 136 valence electrons. The SMILES string of the molecule is COC(=O)c1ccc(NC(=O)c2nn(-c3ccccc3)c(C)cc2=O)cc1. The molecule has 0 saturated carbocycles. The van der Waals surface area contributed by atoms with Crippen molar-refractivity contribution in [3.8, 4) is 5.69 Å². The fraction of sp³-hybridized carbons (Fsp3) is 0.100. The summed E-state index contributed by atoms with van der Waals surface area (Å²) in [6.07, 6.45) is 0. The molecule has 27 heavy (non-hydrogen) atoms. The first-order valence-electron chi connectivity index (χ1n) is 8.15. The van der Waals surface area contributed by atoms with E-state index >= 15 is 0 Å². The maximum Gasteiger partial charge on any atom is 0.337 e. The molecule has 2 aromatic carbocycles. The highest BCUT2D eigenvalue weighted by atomic mass is 16.5. The Morgan fingerprint density at radius 1 is 1.04 bits per heavy atom. The largest absolute Gasteiger partial charge is 0.465 e. The lowest BCUT2D eigenvalue weighted by molar-refractivity contribution is 0.0600. The van der Waals surface area contributed by atoms with Crippen molar-refractivity contribution in [3.05, 3.63) is 87.8 Å². The number of aromatic nitrogens is 2. The van der Waals surface area contributed by atoms with Crippen LogP contribution in [-0.2, 0) is 4.74 Å². The summed E-state index contributed by atoms with van der Waals surface area (Å²) in [5, 5.41) is 6.83. The monoisotopic (exact) mass is 363 g/mol. The molecular formula is C20H17N3O4. The van der Waals surface area contributed by atoms with Crippen LogP contribution in [0.5, 0.6) is 0 Å². The minimum atomic E-state index is -0.629. The van der Waals surface area contributed by atoms with Gasteiger partial charge in [-0.15, -0.1) is 0 Å². The quantitative estimate of drug-likeness (QED) is 0.720. The number of esters is 1. The van der Waals surface area contributed by atoms with Gasteiger partial charge >= 0.3 is 5.97 Å². The van der Waals surface area contributed by atoms with Crippen molar-refractivity contribution in [1.29, 1.82) is 0 Å². The number of amides is 1. The minimum absolute atomic E-state index is 0.221. The van der Waals surface area contributed by atoms with E-state index in [0.29, 0.717) is 16.9 Å². The van der Waals surface area contributed by atoms with E-state index in [0.717, 1.165) is 5.69 Å². The molecule has 1 N–H and O–H groups in total. The number of benzene rings is 2. The third kappa shape index (κ3) is 3.92. The van der Waals surface area contributed by atoms with Crippen molar-refractivity contribution in [2.75, 3.05) is 12.4 Å². The first-order chi connectivity index (χ1) is 13.0. The van der Waals surface area contributed by atoms with Crippen LogP contribution in [0.15, 0.2) is 65.5 Å². The van der Waals surface area contributed by atoms with Crippen LogP contribution in [0.25, 0.3) is 5.69 Å². The summed E-state index contributed by atoms with van der Waals surface area (Å²) in [4.78, 5) is 36.2. The molecule has 0 atom stereocenters. The summed E-state index contributed by atoms with van der Waals surface area (Å²) in [5.74, 6) is -1.10. The lowest BCUT2D eigenvalue weighted by atomic mass is 10.2. The van der Waals surface area contributed by atoms with Gasteiger partial charge in [-0.3, -0.25) is 9.59 Å². The third-order valence-corrected chi connectivity index (χ3v) is 3.89. The van der Waals surface area contributed by atoms with Gasteiger partial charge in [0.2, 0.25) is 5.43 Å². The normalized spacial score (nSPS) is 10.3. The van der Waals surface area contributed by atoms with Crippen LogP contribution >= 0.6 is 0 Å². The van der Waals surface area contributed by atoms with Crippen molar-refractivity contribution >= 4 is 17.6 Å². The molecule has 0 aliphatic rings. The smallest absolute Gasteiger partial charge is 0.337 e. The Hall–Kier alpha value is -3.74. The molecule has 1 heterocycles. The summed E-state index contributed by atoms with van der Waals surface area (Å²) >= 11 is 0. The van der Waals surface area contributed by atoms with Crippen LogP contribution in [0.1, 0.15) is 26.5 Å². The molecule has 1 amide bonds. The minimum Gasteiger partial charge on any atom is -0.465 e. The number of carbonyl (C=O) groups excluding carboxylic acids is 2. The van der Waals surface area contributed by atoms with Crippen molar-refractivity contribution in [2.24, 2.45) is 0 Å². The summed E-state index contributed by atoms with van der Waals surface area (Å²) in [6, 6.07) is 16.7. The Morgan fingerprint density at radius 2 is 1.70 bits per heavy atom. The Kier molecular flexibility index (Phi) is 5.12. The van der Waals surface area contributed by atoms with Gasteiger partial charge < -0.3 is 10.1 Å². The number of nitrogens with zero attached hydrogens (tertiary/aromatic N) is 2. The molecule has 0 spiro atoms. The van der Waals surface area contributed by atoms with Crippen molar-refractivity contribution < 1.29 is 14.3 Å². The number of ether oxygens (including phenoxy) is 1. The highest BCUT2D eigenvalue weighted by molar-refractivity contribution is 6.03. The summed E-state index contributed by atoms with van der Waals surface area (Å²) in [5.41, 5.74) is 1.46. The highest BCUT2D eigenvalue weighted by Gasteiger charge is 2.16. The van der Waals surface area contributed by atoms with Gasteiger partial charge in [0.05, 0.1) is 18.4 Å². The predicted octanol–water partition coefficient (Wildman–Crippen LogP) is 2.58. The number of methoxy groups -OCH3 is 1. The van der Waals surface area contributed by atoms with Crippen molar-refractivity contribution in [3.63, 3.8) is 0 Å². The number of anilines is 1. The fourth-order valence-electron chi connectivity index (χ4n) is 2.53. The van der Waals surface area contributed by atoms with E-state index in [2.05, 4.69) is 15.2 Å². The van der Waals surface area contributed by atoms with Gasteiger partial charge in [0.1, 0.15) is 0 Å². The second-order valence-electron chi connectivity index (χ2n) is 5.77. The molecule has 0 bridgehead atoms. The lowest BCUT2D eigenvalue weighted by Crippen LogP contribution is -2.26. The van der Waals surface area contributed by atoms with Gasteiger partial charge in [0.15, 0.2) is 5.69 Å². The first kappa shape index (κ1) is 18.1. The maximum atomic E-state index is 12.5. The zero-order chi connectivity index (χ0) is 19.4. The number of rotatable bonds is 4. The van der Waals surface area contributed by atoms with E-state index in [-0.39, 0.29) is 5.69 Å². The standard InChI is InChI=1S/C20H17N3O4/c1-13-12-17(24)18(22-23(13)16-6-4-3-5-7-16)19(25)21-15-10-8-14(9-11-15)20(26)27-2/h3-12H,1-2H3,(H,21,25). The number of hydrogen-bond acceptors (Lipinski definition) is 5. The van der Waals surface area contributed by atoms with Gasteiger partial charge in [-0.25, -0.2) is 9.48 Å². The summed E-state index contributed by atoms with van der Waals surface area (Å²) in [6.45, 7) is 1.74. The van der Waals surface area contributed by atoms with Crippen LogP contribution in [0, 0.1) is 6.92 Å². The number of nitrogens with one attached hydrogen (secondary N) is 1. The Balaban J connectivity index is 1.89. The molecule has 3 aromatic rings. The van der Waals surface area contributed by atoms with E-state index in [1.54, 1.807) is 19.1 Å². The van der Waals surface area contributed by atoms with Crippen molar-refractivity contribution in [2.45, 2.75) is 6.92 Å². The van der Waals surface area contributed by atoms with E-state index in [1.807, 2.05) is 30.3 Å². The second-order valence-corrected chi connectivity index (χ2v) is 5.77. The zero-order valence-corrected chi connectivity index (χ0v) is 14.8. The molecule has 0 aliphatic carbocycles. The Bertz CT molecular complexity index is 1040. The second kappa shape index (κ2) is 7.65. The van der Waals surface area contributed by atoms with Gasteiger partial charge in [0, 0.05) is 17.4 Å². The molecule has 0 fully saturated rings. The highest BCUT2D eigenvalue weighted by Crippen LogP contribution is 2.12. The van der Waals surface area contributed by atoms with E-state index in [1.165, 1.54) is 30.0 Å². The van der Waals surface area contributed by atoms with Gasteiger partial charge in [0.25, 0.3) is 5.91 Å². The number of para-hydroxylation sites is 1. The number of hydrogen-bond donors (Lipinski definition) is 1. The average Bonchev–Trinajstić information content (AvgIpc) is 2.68. The summed E-state index contributed by atoms with van der Waals surface area (Å²) < 4.78 is 6.17. The molecule has 0 saturated heterocycles. The van der Waals surface area contributed by atoms with Crippen LogP contribution in [-0.4, -0.2) is 28.8 Å². The van der Waals surface area contributed by atoms with Crippen LogP contribution in [0.2, 0.25) is 0 Å². The number of carbonyl (C=O) groups is 2. The molecule has 1 aromatic heterocycles. The van der Waals surface area contributed by atoms with E-state index in [9.17, 15) is 14.4 Å². The van der Waals surface area contributed by atoms with E-state index < -0.39 is 17.3 Å². The average molecular weight is 363 g/mol. The summed E-state index contributed by atoms with van der Waals surface area (Å²) in [7, 11) is 1.29. The van der Waals surface area contributed by atoms with Gasteiger partial charge in [-0.05, 0) is 43.3 Å². The molecule has 3 rings (SSSR count). The number of aryl methyl sites for hydroxylation is 1. The van der Waals surface area contributed by atoms with Crippen LogP contribution < -0.4 is 10.7 Å². The fourth-order valence-corrected chi connectivity index (χ4v) is 2.53. The topological polar surface area (TPSA) is 90.3 Å². The van der Waals surface area contributed by atoms with E-state index in [4.69, 9.17) is 0 Å². The van der Waals surface area contributed by atoms with Crippen molar-refractivity contribution in [1.82, 2.24) is 9.78 Å². The lowest BCUT2D eigenvalue weighted by Gasteiger charge is -2.11. The van der Waals surface area contributed by atoms with Crippen LogP contribution in [0.3, 0.4) is 0 Å². The molecule has 7 heteroatoms. The first-order valence-corrected chi connectivity index (χ1v) is 8.15. The zero-order valence-electron chi connectivity index (χ0n) is 14.8. The molecule has 7 nitrogen and oxygen atoms in total. The third-order valence-electron chi connectivity index (χ3n) is 3.89. The van der Waals surface area contributed by atoms with Gasteiger partial charge in [-0.1, -0.05) is 18.2 Å². The van der Waals surface area contributed by atoms with Crippen LogP contribution in [0.4, 0.5) is 5.69 Å². The maximum absolute atomic E-state index is 12.5. The molecule has 0 radical (unpaired) electrons. The molecule has 0 unspecified atom stereocenters. The predicted molar refractivity (Wildman–Crippen MR) is 100 cm³/mol. The Labute approximate surface area is 155 Å².